The first kappa shape index (κ1) is 15.4. The van der Waals surface area contributed by atoms with Crippen molar-refractivity contribution in [1.29, 1.82) is 0 Å². The number of hydrogen-bond acceptors (Lipinski definition) is 2. The molecule has 0 N–H and O–H groups in total. The quantitative estimate of drug-likeness (QED) is 0.758. The maximum Gasteiger partial charge on any atom is 0.0779 e. The molecule has 0 radical (unpaired) electrons. The molecule has 0 bridgehead atoms. The Balaban J connectivity index is 1.69. The second-order valence-corrected chi connectivity index (χ2v) is 7.56. The molecule has 2 heterocycles. The summed E-state index contributed by atoms with van der Waals surface area (Å²) in [4.78, 5) is 0. The number of halogens is 1. The highest BCUT2D eigenvalue weighted by Gasteiger charge is 2.41. The Morgan fingerprint density at radius 3 is 2.62 bits per heavy atom. The zero-order valence-corrected chi connectivity index (χ0v) is 14.2. The van der Waals surface area contributed by atoms with Crippen molar-refractivity contribution >= 4 is 11.6 Å². The second kappa shape index (κ2) is 5.92. The third kappa shape index (κ3) is 3.00. The molecular weight excluding hydrogens is 284 g/mol. The predicted octanol–water partition coefficient (Wildman–Crippen LogP) is 4.68. The SMILES string of the molecule is Cc1nn(CC2CCC3(CCCCC3)O2)c(C)c1C(C)Cl. The van der Waals surface area contributed by atoms with Gasteiger partial charge in [0.1, 0.15) is 0 Å². The Kier molecular flexibility index (Phi) is 4.33. The van der Waals surface area contributed by atoms with Crippen molar-refractivity contribution in [2.75, 3.05) is 0 Å². The van der Waals surface area contributed by atoms with E-state index < -0.39 is 0 Å². The van der Waals surface area contributed by atoms with Gasteiger partial charge in [-0.15, -0.1) is 11.6 Å². The molecule has 1 aromatic heterocycles. The number of ether oxygens (including phenoxy) is 1. The average Bonchev–Trinajstić information content (AvgIpc) is 2.93. The Labute approximate surface area is 133 Å². The molecule has 2 fully saturated rings. The summed E-state index contributed by atoms with van der Waals surface area (Å²) in [6.45, 7) is 7.07. The summed E-state index contributed by atoms with van der Waals surface area (Å²) in [7, 11) is 0. The summed E-state index contributed by atoms with van der Waals surface area (Å²) in [5, 5.41) is 4.70. The lowest BCUT2D eigenvalue weighted by molar-refractivity contribution is -0.0690. The van der Waals surface area contributed by atoms with E-state index in [1.54, 1.807) is 0 Å². The van der Waals surface area contributed by atoms with Gasteiger partial charge in [0.05, 0.1) is 29.3 Å². The number of rotatable bonds is 3. The van der Waals surface area contributed by atoms with Gasteiger partial charge in [-0.25, -0.2) is 0 Å². The largest absolute Gasteiger partial charge is 0.370 e. The van der Waals surface area contributed by atoms with E-state index in [-0.39, 0.29) is 11.0 Å². The molecule has 0 amide bonds. The Hall–Kier alpha value is -0.540. The fourth-order valence-corrected chi connectivity index (χ4v) is 4.56. The van der Waals surface area contributed by atoms with Crippen molar-refractivity contribution in [3.8, 4) is 0 Å². The summed E-state index contributed by atoms with van der Waals surface area (Å²) in [6, 6.07) is 0. The van der Waals surface area contributed by atoms with Crippen LogP contribution in [0.3, 0.4) is 0 Å². The molecule has 1 saturated heterocycles. The number of alkyl halides is 1. The molecule has 4 heteroatoms. The molecule has 118 valence electrons. The van der Waals surface area contributed by atoms with Crippen LogP contribution in [-0.4, -0.2) is 21.5 Å². The highest BCUT2D eigenvalue weighted by Crippen LogP contribution is 2.42. The van der Waals surface area contributed by atoms with Crippen molar-refractivity contribution < 1.29 is 4.74 Å². The molecule has 3 nitrogen and oxygen atoms in total. The van der Waals surface area contributed by atoms with E-state index >= 15 is 0 Å². The third-order valence-electron chi connectivity index (χ3n) is 5.32. The van der Waals surface area contributed by atoms with Crippen LogP contribution in [0.1, 0.15) is 74.2 Å². The minimum Gasteiger partial charge on any atom is -0.370 e. The summed E-state index contributed by atoms with van der Waals surface area (Å²) in [5.41, 5.74) is 3.63. The zero-order valence-electron chi connectivity index (χ0n) is 13.5. The van der Waals surface area contributed by atoms with Crippen molar-refractivity contribution in [3.05, 3.63) is 17.0 Å². The molecule has 21 heavy (non-hydrogen) atoms. The Morgan fingerprint density at radius 1 is 1.29 bits per heavy atom. The standard InChI is InChI=1S/C17H27ClN2O/c1-12(18)16-13(2)19-20(14(16)3)11-15-7-10-17(21-15)8-5-4-6-9-17/h12,15H,4-11H2,1-3H3. The number of aryl methyl sites for hydroxylation is 1. The second-order valence-electron chi connectivity index (χ2n) is 6.90. The lowest BCUT2D eigenvalue weighted by atomic mass is 9.83. The van der Waals surface area contributed by atoms with Gasteiger partial charge in [0, 0.05) is 11.3 Å². The molecule has 2 aliphatic rings. The maximum absolute atomic E-state index is 6.46. The first-order valence-electron chi connectivity index (χ1n) is 8.36. The van der Waals surface area contributed by atoms with E-state index in [9.17, 15) is 0 Å². The van der Waals surface area contributed by atoms with Crippen LogP contribution in [-0.2, 0) is 11.3 Å². The van der Waals surface area contributed by atoms with Gasteiger partial charge in [0.25, 0.3) is 0 Å². The van der Waals surface area contributed by atoms with Crippen molar-refractivity contribution in [2.45, 2.75) is 89.3 Å². The summed E-state index contributed by atoms with van der Waals surface area (Å²) in [6.07, 6.45) is 9.28. The molecule has 1 saturated carbocycles. The van der Waals surface area contributed by atoms with Gasteiger partial charge < -0.3 is 4.74 Å². The number of nitrogens with zero attached hydrogens (tertiary/aromatic N) is 2. The molecule has 2 unspecified atom stereocenters. The van der Waals surface area contributed by atoms with E-state index in [4.69, 9.17) is 16.3 Å². The lowest BCUT2D eigenvalue weighted by Crippen LogP contribution is -2.32. The zero-order chi connectivity index (χ0) is 15.0. The smallest absolute Gasteiger partial charge is 0.0779 e. The van der Waals surface area contributed by atoms with Crippen LogP contribution in [0.4, 0.5) is 0 Å². The molecule has 1 aliphatic carbocycles. The molecular formula is C17H27ClN2O. The molecule has 1 spiro atoms. The van der Waals surface area contributed by atoms with E-state index in [0.717, 1.165) is 12.2 Å². The summed E-state index contributed by atoms with van der Waals surface area (Å²) in [5.74, 6) is 0. The fourth-order valence-electron chi connectivity index (χ4n) is 4.25. The van der Waals surface area contributed by atoms with Crippen LogP contribution >= 0.6 is 11.6 Å². The molecule has 1 aliphatic heterocycles. The Bertz CT molecular complexity index is 503. The summed E-state index contributed by atoms with van der Waals surface area (Å²) >= 11 is 6.28. The van der Waals surface area contributed by atoms with Gasteiger partial charge >= 0.3 is 0 Å². The average molecular weight is 311 g/mol. The van der Waals surface area contributed by atoms with Gasteiger partial charge in [-0.05, 0) is 46.5 Å². The summed E-state index contributed by atoms with van der Waals surface area (Å²) < 4.78 is 8.57. The van der Waals surface area contributed by atoms with Crippen LogP contribution in [0, 0.1) is 13.8 Å². The van der Waals surface area contributed by atoms with Gasteiger partial charge in [-0.3, -0.25) is 4.68 Å². The van der Waals surface area contributed by atoms with Gasteiger partial charge in [0.15, 0.2) is 0 Å². The van der Waals surface area contributed by atoms with Crippen LogP contribution in [0.25, 0.3) is 0 Å². The van der Waals surface area contributed by atoms with Crippen molar-refractivity contribution in [1.82, 2.24) is 9.78 Å². The molecule has 3 rings (SSSR count). The van der Waals surface area contributed by atoms with Crippen LogP contribution < -0.4 is 0 Å². The van der Waals surface area contributed by atoms with Crippen molar-refractivity contribution in [3.63, 3.8) is 0 Å². The molecule has 0 aromatic carbocycles. The highest BCUT2D eigenvalue weighted by molar-refractivity contribution is 6.20. The minimum atomic E-state index is 0.0212. The van der Waals surface area contributed by atoms with Crippen LogP contribution in [0.2, 0.25) is 0 Å². The molecule has 2 atom stereocenters. The topological polar surface area (TPSA) is 27.1 Å². The lowest BCUT2D eigenvalue weighted by Gasteiger charge is -2.33. The first-order valence-corrected chi connectivity index (χ1v) is 8.80. The minimum absolute atomic E-state index is 0.0212. The highest BCUT2D eigenvalue weighted by atomic mass is 35.5. The number of hydrogen-bond donors (Lipinski definition) is 0. The van der Waals surface area contributed by atoms with Crippen molar-refractivity contribution in [2.24, 2.45) is 0 Å². The Morgan fingerprint density at radius 2 is 2.00 bits per heavy atom. The predicted molar refractivity (Wildman–Crippen MR) is 85.9 cm³/mol. The molecule has 1 aromatic rings. The maximum atomic E-state index is 6.46. The van der Waals surface area contributed by atoms with E-state index in [1.165, 1.54) is 56.2 Å². The van der Waals surface area contributed by atoms with Gasteiger partial charge in [0.2, 0.25) is 0 Å². The van der Waals surface area contributed by atoms with E-state index in [0.29, 0.717) is 6.10 Å². The van der Waals surface area contributed by atoms with Crippen LogP contribution in [0.15, 0.2) is 0 Å². The third-order valence-corrected chi connectivity index (χ3v) is 5.53. The van der Waals surface area contributed by atoms with E-state index in [2.05, 4.69) is 23.6 Å². The fraction of sp³-hybridized carbons (Fsp3) is 0.824. The van der Waals surface area contributed by atoms with Crippen LogP contribution in [0.5, 0.6) is 0 Å². The monoisotopic (exact) mass is 310 g/mol. The first-order chi connectivity index (χ1) is 10.0. The van der Waals surface area contributed by atoms with Gasteiger partial charge in [-0.1, -0.05) is 19.3 Å². The van der Waals surface area contributed by atoms with E-state index in [1.807, 2.05) is 6.92 Å². The normalized spacial score (nSPS) is 26.4. The number of aromatic nitrogens is 2. The van der Waals surface area contributed by atoms with Gasteiger partial charge in [-0.2, -0.15) is 5.10 Å².